The van der Waals surface area contributed by atoms with Crippen LogP contribution >= 0.6 is 11.8 Å². The second-order valence-electron chi connectivity index (χ2n) is 7.74. The summed E-state index contributed by atoms with van der Waals surface area (Å²) in [5.41, 5.74) is 4.53. The molecular formula is C22H26N2O4S2. The Labute approximate surface area is 182 Å². The number of anilines is 1. The topological polar surface area (TPSA) is 68.2 Å². The number of rotatable bonds is 5. The van der Waals surface area contributed by atoms with E-state index in [2.05, 4.69) is 32.0 Å². The molecule has 1 saturated heterocycles. The molecule has 1 fully saturated rings. The van der Waals surface area contributed by atoms with Crippen molar-refractivity contribution in [1.82, 2.24) is 0 Å². The van der Waals surface area contributed by atoms with Crippen molar-refractivity contribution < 1.29 is 17.9 Å². The van der Waals surface area contributed by atoms with Crippen molar-refractivity contribution >= 4 is 32.5 Å². The predicted molar refractivity (Wildman–Crippen MR) is 123 cm³/mol. The molecule has 6 nitrogen and oxygen atoms in total. The number of benzene rings is 2. The van der Waals surface area contributed by atoms with E-state index < -0.39 is 9.84 Å². The summed E-state index contributed by atoms with van der Waals surface area (Å²) >= 11 is 1.63. The molecule has 0 N–H and O–H groups in total. The number of nitrogens with zero attached hydrogens (tertiary/aromatic N) is 2. The molecule has 8 heteroatoms. The summed E-state index contributed by atoms with van der Waals surface area (Å²) in [5, 5.41) is 0.824. The van der Waals surface area contributed by atoms with Crippen LogP contribution in [0.25, 0.3) is 0 Å². The number of aryl methyl sites for hydroxylation is 2. The van der Waals surface area contributed by atoms with Gasteiger partial charge >= 0.3 is 0 Å². The fourth-order valence-corrected chi connectivity index (χ4v) is 6.84. The van der Waals surface area contributed by atoms with E-state index in [-0.39, 0.29) is 23.6 Å². The lowest BCUT2D eigenvalue weighted by atomic mass is 10.1. The summed E-state index contributed by atoms with van der Waals surface area (Å²) in [6.45, 7) is 4.21. The van der Waals surface area contributed by atoms with Gasteiger partial charge in [-0.25, -0.2) is 8.42 Å². The van der Waals surface area contributed by atoms with Crippen LogP contribution in [0.15, 0.2) is 41.4 Å². The standard InChI is InChI=1S/C22H26N2O4S2/c1-14-5-6-16(9-15(14)2)11-29-22-23-18-12-30(25,26)13-20(18)24(22)19-10-17(27-3)7-8-21(19)28-4/h5-10,18,20H,11-13H2,1-4H3. The molecule has 2 aliphatic heterocycles. The maximum atomic E-state index is 12.3. The van der Waals surface area contributed by atoms with E-state index in [4.69, 9.17) is 14.5 Å². The third-order valence-electron chi connectivity index (χ3n) is 5.69. The van der Waals surface area contributed by atoms with E-state index in [0.29, 0.717) is 11.5 Å². The SMILES string of the molecule is COc1ccc(OC)c(N2C(SCc3ccc(C)c(C)c3)=NC3CS(=O)(=O)CC32)c1. The highest BCUT2D eigenvalue weighted by molar-refractivity contribution is 8.13. The molecule has 0 bridgehead atoms. The maximum absolute atomic E-state index is 12.3. The minimum atomic E-state index is -3.11. The van der Waals surface area contributed by atoms with E-state index in [1.165, 1.54) is 16.7 Å². The molecule has 0 aromatic heterocycles. The van der Waals surface area contributed by atoms with Crippen molar-refractivity contribution in [2.45, 2.75) is 31.7 Å². The number of hydrogen-bond donors (Lipinski definition) is 0. The van der Waals surface area contributed by atoms with Crippen LogP contribution in [0.5, 0.6) is 11.5 Å². The summed E-state index contributed by atoms with van der Waals surface area (Å²) in [5.74, 6) is 2.30. The summed E-state index contributed by atoms with van der Waals surface area (Å²) in [4.78, 5) is 6.85. The molecule has 4 rings (SSSR count). The Bertz CT molecular complexity index is 1100. The first-order valence-corrected chi connectivity index (χ1v) is 12.6. The first-order chi connectivity index (χ1) is 14.3. The molecular weight excluding hydrogens is 420 g/mol. The van der Waals surface area contributed by atoms with E-state index in [1.54, 1.807) is 26.0 Å². The second kappa shape index (κ2) is 8.15. The Morgan fingerprint density at radius 1 is 1.07 bits per heavy atom. The molecule has 2 aromatic rings. The average Bonchev–Trinajstić information content (AvgIpc) is 3.19. The molecule has 0 radical (unpaired) electrons. The van der Waals surface area contributed by atoms with Crippen molar-refractivity contribution in [3.8, 4) is 11.5 Å². The number of amidine groups is 1. The Balaban J connectivity index is 1.68. The number of ether oxygens (including phenoxy) is 2. The van der Waals surface area contributed by atoms with E-state index >= 15 is 0 Å². The first kappa shape index (κ1) is 21.1. The summed E-state index contributed by atoms with van der Waals surface area (Å²) in [6, 6.07) is 11.5. The lowest BCUT2D eigenvalue weighted by Crippen LogP contribution is -2.39. The van der Waals surface area contributed by atoms with Gasteiger partial charge in [-0.15, -0.1) is 0 Å². The maximum Gasteiger partial charge on any atom is 0.164 e. The van der Waals surface area contributed by atoms with Gasteiger partial charge in [0.2, 0.25) is 0 Å². The molecule has 160 valence electrons. The van der Waals surface area contributed by atoms with Gasteiger partial charge in [-0.05, 0) is 42.7 Å². The second-order valence-corrected chi connectivity index (χ2v) is 10.8. The van der Waals surface area contributed by atoms with Crippen molar-refractivity contribution in [3.63, 3.8) is 0 Å². The van der Waals surface area contributed by atoms with Crippen LogP contribution in [-0.4, -0.2) is 51.4 Å². The molecule has 0 spiro atoms. The highest BCUT2D eigenvalue weighted by atomic mass is 32.2. The Kier molecular flexibility index (Phi) is 5.72. The van der Waals surface area contributed by atoms with Crippen LogP contribution < -0.4 is 14.4 Å². The fraction of sp³-hybridized carbons (Fsp3) is 0.409. The van der Waals surface area contributed by atoms with Crippen LogP contribution in [0.3, 0.4) is 0 Å². The lowest BCUT2D eigenvalue weighted by molar-refractivity contribution is 0.403. The van der Waals surface area contributed by atoms with Crippen LogP contribution in [0.2, 0.25) is 0 Å². The zero-order valence-electron chi connectivity index (χ0n) is 17.6. The molecule has 2 aliphatic rings. The largest absolute Gasteiger partial charge is 0.497 e. The van der Waals surface area contributed by atoms with Gasteiger partial charge in [-0.3, -0.25) is 4.99 Å². The van der Waals surface area contributed by atoms with Gasteiger partial charge in [0.15, 0.2) is 15.0 Å². The molecule has 2 unspecified atom stereocenters. The van der Waals surface area contributed by atoms with Crippen LogP contribution in [0, 0.1) is 13.8 Å². The molecule has 30 heavy (non-hydrogen) atoms. The monoisotopic (exact) mass is 446 g/mol. The summed E-state index contributed by atoms with van der Waals surface area (Å²) in [6.07, 6.45) is 0. The Morgan fingerprint density at radius 3 is 2.57 bits per heavy atom. The Hall–Kier alpha value is -2.19. The first-order valence-electron chi connectivity index (χ1n) is 9.79. The van der Waals surface area contributed by atoms with Gasteiger partial charge in [-0.1, -0.05) is 30.0 Å². The summed E-state index contributed by atoms with van der Waals surface area (Å²) in [7, 11) is 0.115. The molecule has 0 aliphatic carbocycles. The number of aliphatic imine (C=N–C) groups is 1. The van der Waals surface area contributed by atoms with E-state index in [1.807, 2.05) is 23.1 Å². The van der Waals surface area contributed by atoms with Gasteiger partial charge in [0.05, 0.1) is 43.5 Å². The minimum Gasteiger partial charge on any atom is -0.497 e. The lowest BCUT2D eigenvalue weighted by Gasteiger charge is -2.28. The molecule has 2 atom stereocenters. The number of sulfone groups is 1. The number of methoxy groups -OCH3 is 2. The minimum absolute atomic E-state index is 0.0914. The quantitative estimate of drug-likeness (QED) is 0.699. The van der Waals surface area contributed by atoms with Gasteiger partial charge in [0, 0.05) is 11.8 Å². The third-order valence-corrected chi connectivity index (χ3v) is 8.43. The number of hydrogen-bond acceptors (Lipinski definition) is 7. The smallest absolute Gasteiger partial charge is 0.164 e. The number of thioether (sulfide) groups is 1. The van der Waals surface area contributed by atoms with Crippen molar-refractivity contribution in [2.24, 2.45) is 4.99 Å². The average molecular weight is 447 g/mol. The molecule has 2 aromatic carbocycles. The highest BCUT2D eigenvalue weighted by Gasteiger charge is 2.47. The van der Waals surface area contributed by atoms with Crippen molar-refractivity contribution in [1.29, 1.82) is 0 Å². The van der Waals surface area contributed by atoms with Crippen molar-refractivity contribution in [2.75, 3.05) is 30.6 Å². The third kappa shape index (κ3) is 4.03. The molecule has 2 heterocycles. The summed E-state index contributed by atoms with van der Waals surface area (Å²) < 4.78 is 35.6. The molecule has 0 saturated carbocycles. The van der Waals surface area contributed by atoms with E-state index in [0.717, 1.165) is 16.6 Å². The fourth-order valence-electron chi connectivity index (χ4n) is 3.94. The zero-order valence-corrected chi connectivity index (χ0v) is 19.2. The normalized spacial score (nSPS) is 22.0. The highest BCUT2D eigenvalue weighted by Crippen LogP contribution is 2.41. The van der Waals surface area contributed by atoms with Gasteiger partial charge in [-0.2, -0.15) is 0 Å². The van der Waals surface area contributed by atoms with Crippen molar-refractivity contribution in [3.05, 3.63) is 53.1 Å². The Morgan fingerprint density at radius 2 is 1.87 bits per heavy atom. The molecule has 0 amide bonds. The predicted octanol–water partition coefficient (Wildman–Crippen LogP) is 3.60. The zero-order chi connectivity index (χ0) is 21.5. The van der Waals surface area contributed by atoms with Crippen LogP contribution in [0.1, 0.15) is 16.7 Å². The van der Waals surface area contributed by atoms with Crippen LogP contribution in [-0.2, 0) is 15.6 Å². The van der Waals surface area contributed by atoms with Crippen LogP contribution in [0.4, 0.5) is 5.69 Å². The van der Waals surface area contributed by atoms with Gasteiger partial charge in [0.25, 0.3) is 0 Å². The number of fused-ring (bicyclic) bond motifs is 1. The van der Waals surface area contributed by atoms with Gasteiger partial charge in [0.1, 0.15) is 11.5 Å². The van der Waals surface area contributed by atoms with Gasteiger partial charge < -0.3 is 14.4 Å². The van der Waals surface area contributed by atoms with E-state index in [9.17, 15) is 8.42 Å².